The molecule has 3 heteroatoms. The molecule has 0 aromatic heterocycles. The quantitative estimate of drug-likeness (QED) is 0.725. The Morgan fingerprint density at radius 2 is 2.05 bits per heavy atom. The molecule has 0 bridgehead atoms. The van der Waals surface area contributed by atoms with E-state index in [0.29, 0.717) is 23.3 Å². The van der Waals surface area contributed by atoms with Crippen LogP contribution >= 0.6 is 0 Å². The lowest BCUT2D eigenvalue weighted by molar-refractivity contribution is 0.125. The predicted molar refractivity (Wildman–Crippen MR) is 78.0 cm³/mol. The van der Waals surface area contributed by atoms with E-state index in [1.54, 1.807) is 0 Å². The predicted octanol–water partition coefficient (Wildman–Crippen LogP) is 3.98. The van der Waals surface area contributed by atoms with Crippen molar-refractivity contribution in [2.24, 2.45) is 23.0 Å². The Morgan fingerprint density at radius 1 is 1.25 bits per heavy atom. The van der Waals surface area contributed by atoms with Crippen LogP contribution in [0.2, 0.25) is 0 Å². The van der Waals surface area contributed by atoms with Crippen molar-refractivity contribution in [2.45, 2.75) is 58.8 Å². The fourth-order valence-corrected chi connectivity index (χ4v) is 4.60. The van der Waals surface area contributed by atoms with Crippen LogP contribution in [-0.4, -0.2) is 0 Å². The van der Waals surface area contributed by atoms with Gasteiger partial charge in [-0.3, -0.25) is 0 Å². The van der Waals surface area contributed by atoms with Crippen molar-refractivity contribution in [2.75, 3.05) is 0 Å². The summed E-state index contributed by atoms with van der Waals surface area (Å²) < 4.78 is 5.90. The maximum atomic E-state index is 9.66. The first kappa shape index (κ1) is 13.5. The van der Waals surface area contributed by atoms with Gasteiger partial charge in [0.1, 0.15) is 11.8 Å². The van der Waals surface area contributed by atoms with Crippen molar-refractivity contribution in [3.05, 3.63) is 22.8 Å². The molecular weight excluding hydrogens is 248 g/mol. The van der Waals surface area contributed by atoms with E-state index in [2.05, 4.69) is 19.9 Å². The van der Waals surface area contributed by atoms with E-state index in [4.69, 9.17) is 10.5 Å². The highest BCUT2D eigenvalue weighted by Crippen LogP contribution is 2.58. The number of fused-ring (bicyclic) bond motifs is 1. The molecule has 1 heterocycles. The molecule has 1 saturated carbocycles. The Morgan fingerprint density at radius 3 is 2.75 bits per heavy atom. The lowest BCUT2D eigenvalue weighted by Gasteiger charge is -2.49. The molecule has 2 aliphatic carbocycles. The summed E-state index contributed by atoms with van der Waals surface area (Å²) in [5.41, 5.74) is 8.11. The van der Waals surface area contributed by atoms with Crippen LogP contribution in [0.3, 0.4) is 0 Å². The Balaban J connectivity index is 2.18. The molecule has 2 N–H and O–H groups in total. The van der Waals surface area contributed by atoms with Gasteiger partial charge in [-0.2, -0.15) is 5.26 Å². The van der Waals surface area contributed by atoms with Crippen molar-refractivity contribution in [3.8, 4) is 6.07 Å². The molecule has 0 saturated heterocycles. The number of hydrogen-bond acceptors (Lipinski definition) is 3. The van der Waals surface area contributed by atoms with Crippen LogP contribution in [0.25, 0.3) is 0 Å². The molecule has 20 heavy (non-hydrogen) atoms. The number of nitrogens with two attached hydrogens (primary N) is 1. The standard InChI is InChI=1S/C17H24N2O/c1-11-6-5-8-13-15(11)20-16(19)14(10-18)17(13)9-4-3-7-12(17)2/h11-12H,3-9,19H2,1-2H3. The monoisotopic (exact) mass is 272 g/mol. The third-order valence-electron chi connectivity index (χ3n) is 5.67. The van der Waals surface area contributed by atoms with Crippen molar-refractivity contribution < 1.29 is 4.74 Å². The van der Waals surface area contributed by atoms with Crippen molar-refractivity contribution in [3.63, 3.8) is 0 Å². The van der Waals surface area contributed by atoms with Gasteiger partial charge in [0.05, 0.1) is 5.57 Å². The topological polar surface area (TPSA) is 59.0 Å². The molecule has 1 fully saturated rings. The van der Waals surface area contributed by atoms with Gasteiger partial charge < -0.3 is 10.5 Å². The summed E-state index contributed by atoms with van der Waals surface area (Å²) in [6, 6.07) is 2.39. The average molecular weight is 272 g/mol. The largest absolute Gasteiger partial charge is 0.445 e. The van der Waals surface area contributed by atoms with Gasteiger partial charge in [-0.25, -0.2) is 0 Å². The highest BCUT2D eigenvalue weighted by molar-refractivity contribution is 5.46. The second-order valence-corrected chi connectivity index (χ2v) is 6.71. The second-order valence-electron chi connectivity index (χ2n) is 6.71. The maximum absolute atomic E-state index is 9.66. The zero-order chi connectivity index (χ0) is 14.3. The third-order valence-corrected chi connectivity index (χ3v) is 5.67. The SMILES string of the molecule is CC1CCCC2=C1OC(N)=C(C#N)C21CCCCC1C. The van der Waals surface area contributed by atoms with E-state index in [1.165, 1.54) is 37.7 Å². The summed E-state index contributed by atoms with van der Waals surface area (Å²) in [5, 5.41) is 9.66. The number of nitrogens with zero attached hydrogens (tertiary/aromatic N) is 1. The van der Waals surface area contributed by atoms with Crippen molar-refractivity contribution in [1.29, 1.82) is 5.26 Å². The molecule has 3 rings (SSSR count). The smallest absolute Gasteiger partial charge is 0.205 e. The summed E-state index contributed by atoms with van der Waals surface area (Å²) in [6.45, 7) is 4.51. The van der Waals surface area contributed by atoms with E-state index in [1.807, 2.05) is 0 Å². The summed E-state index contributed by atoms with van der Waals surface area (Å²) in [5.74, 6) is 2.38. The Hall–Kier alpha value is -1.43. The van der Waals surface area contributed by atoms with Gasteiger partial charge in [0, 0.05) is 11.3 Å². The Bertz CT molecular complexity index is 526. The van der Waals surface area contributed by atoms with Gasteiger partial charge in [0.15, 0.2) is 0 Å². The zero-order valence-corrected chi connectivity index (χ0v) is 12.5. The zero-order valence-electron chi connectivity index (χ0n) is 12.5. The minimum atomic E-state index is -0.126. The summed E-state index contributed by atoms with van der Waals surface area (Å²) >= 11 is 0. The van der Waals surface area contributed by atoms with E-state index in [9.17, 15) is 5.26 Å². The van der Waals surface area contributed by atoms with E-state index in [-0.39, 0.29) is 5.41 Å². The van der Waals surface area contributed by atoms with Crippen LogP contribution in [0.4, 0.5) is 0 Å². The highest BCUT2D eigenvalue weighted by atomic mass is 16.5. The van der Waals surface area contributed by atoms with Crippen LogP contribution < -0.4 is 5.73 Å². The van der Waals surface area contributed by atoms with E-state index < -0.39 is 0 Å². The van der Waals surface area contributed by atoms with Crippen LogP contribution in [0.1, 0.15) is 58.8 Å². The summed E-state index contributed by atoms with van der Waals surface area (Å²) in [7, 11) is 0. The summed E-state index contributed by atoms with van der Waals surface area (Å²) in [6.07, 6.45) is 8.14. The molecule has 1 spiro atoms. The summed E-state index contributed by atoms with van der Waals surface area (Å²) in [4.78, 5) is 0. The number of ether oxygens (including phenoxy) is 1. The van der Waals surface area contributed by atoms with E-state index in [0.717, 1.165) is 18.6 Å². The first-order valence-corrected chi connectivity index (χ1v) is 7.93. The molecule has 3 nitrogen and oxygen atoms in total. The van der Waals surface area contributed by atoms with Crippen LogP contribution in [0.15, 0.2) is 22.8 Å². The molecule has 3 unspecified atom stereocenters. The fraction of sp³-hybridized carbons (Fsp3) is 0.706. The maximum Gasteiger partial charge on any atom is 0.205 e. The second kappa shape index (κ2) is 4.84. The minimum absolute atomic E-state index is 0.126. The van der Waals surface area contributed by atoms with Gasteiger partial charge in [0.2, 0.25) is 5.88 Å². The average Bonchev–Trinajstić information content (AvgIpc) is 2.43. The minimum Gasteiger partial charge on any atom is -0.445 e. The molecule has 0 amide bonds. The van der Waals surface area contributed by atoms with E-state index >= 15 is 0 Å². The van der Waals surface area contributed by atoms with Crippen molar-refractivity contribution in [1.82, 2.24) is 0 Å². The molecular formula is C17H24N2O. The van der Waals surface area contributed by atoms with Crippen LogP contribution in [0, 0.1) is 28.6 Å². The van der Waals surface area contributed by atoms with Gasteiger partial charge in [-0.1, -0.05) is 26.7 Å². The van der Waals surface area contributed by atoms with Crippen LogP contribution in [-0.2, 0) is 4.74 Å². The number of rotatable bonds is 0. The Labute approximate surface area is 121 Å². The molecule has 0 aromatic rings. The number of allylic oxidation sites excluding steroid dienone is 3. The lowest BCUT2D eigenvalue weighted by Crippen LogP contribution is -2.42. The molecule has 0 radical (unpaired) electrons. The molecule has 3 atom stereocenters. The number of nitriles is 1. The normalized spacial score (nSPS) is 37.5. The first-order chi connectivity index (χ1) is 9.61. The van der Waals surface area contributed by atoms with Gasteiger partial charge in [-0.05, 0) is 43.6 Å². The van der Waals surface area contributed by atoms with Crippen LogP contribution in [0.5, 0.6) is 0 Å². The fourth-order valence-electron chi connectivity index (χ4n) is 4.60. The van der Waals surface area contributed by atoms with Gasteiger partial charge >= 0.3 is 0 Å². The first-order valence-electron chi connectivity index (χ1n) is 7.93. The molecule has 108 valence electrons. The molecule has 1 aliphatic heterocycles. The Kier molecular flexibility index (Phi) is 3.28. The van der Waals surface area contributed by atoms with Crippen molar-refractivity contribution >= 4 is 0 Å². The lowest BCUT2D eigenvalue weighted by atomic mass is 9.56. The molecule has 3 aliphatic rings. The molecule has 0 aromatic carbocycles. The van der Waals surface area contributed by atoms with Gasteiger partial charge in [0.25, 0.3) is 0 Å². The van der Waals surface area contributed by atoms with Gasteiger partial charge in [-0.15, -0.1) is 0 Å². The number of hydrogen-bond donors (Lipinski definition) is 1. The highest BCUT2D eigenvalue weighted by Gasteiger charge is 2.51. The third kappa shape index (κ3) is 1.70.